The molecule has 0 bridgehead atoms. The van der Waals surface area contributed by atoms with Crippen LogP contribution < -0.4 is 5.73 Å². The zero-order chi connectivity index (χ0) is 12.4. The first-order chi connectivity index (χ1) is 8.09. The first-order valence-electron chi connectivity index (χ1n) is 5.53. The third kappa shape index (κ3) is 2.53. The van der Waals surface area contributed by atoms with E-state index in [0.29, 0.717) is 36.0 Å². The summed E-state index contributed by atoms with van der Waals surface area (Å²) in [5.41, 5.74) is 6.67. The number of morpholine rings is 1. The van der Waals surface area contributed by atoms with Gasteiger partial charge in [0, 0.05) is 12.2 Å². The maximum Gasteiger partial charge on any atom is 0.255 e. The summed E-state index contributed by atoms with van der Waals surface area (Å²) < 4.78 is 5.30. The Labute approximate surface area is 105 Å². The number of nitrogen functional groups attached to an aromatic ring is 1. The molecule has 0 saturated carbocycles. The minimum Gasteiger partial charge on any atom is -0.399 e. The Morgan fingerprint density at radius 1 is 1.59 bits per heavy atom. The van der Waals surface area contributed by atoms with Crippen molar-refractivity contribution in [2.45, 2.75) is 13.0 Å². The summed E-state index contributed by atoms with van der Waals surface area (Å²) in [6, 6.07) is 5.01. The van der Waals surface area contributed by atoms with E-state index in [1.54, 1.807) is 23.1 Å². The van der Waals surface area contributed by atoms with Gasteiger partial charge in [0.1, 0.15) is 0 Å². The number of rotatable bonds is 1. The van der Waals surface area contributed by atoms with Crippen molar-refractivity contribution < 1.29 is 9.53 Å². The molecule has 0 aliphatic carbocycles. The summed E-state index contributed by atoms with van der Waals surface area (Å²) in [5, 5.41) is 0.433. The van der Waals surface area contributed by atoms with Crippen LogP contribution >= 0.6 is 11.6 Å². The SMILES string of the molecule is C[C@@H]1COCCN1C(=O)c1cc(N)ccc1Cl. The van der Waals surface area contributed by atoms with E-state index >= 15 is 0 Å². The van der Waals surface area contributed by atoms with Crippen LogP contribution in [0.25, 0.3) is 0 Å². The molecule has 2 rings (SSSR count). The second kappa shape index (κ2) is 4.94. The first kappa shape index (κ1) is 12.2. The highest BCUT2D eigenvalue weighted by Gasteiger charge is 2.26. The number of nitrogens with two attached hydrogens (primary N) is 1. The van der Waals surface area contributed by atoms with Crippen molar-refractivity contribution in [2.75, 3.05) is 25.5 Å². The maximum atomic E-state index is 12.3. The highest BCUT2D eigenvalue weighted by atomic mass is 35.5. The van der Waals surface area contributed by atoms with Gasteiger partial charge in [-0.05, 0) is 25.1 Å². The van der Waals surface area contributed by atoms with Crippen LogP contribution in [0.3, 0.4) is 0 Å². The van der Waals surface area contributed by atoms with Gasteiger partial charge in [-0.25, -0.2) is 0 Å². The monoisotopic (exact) mass is 254 g/mol. The Kier molecular flexibility index (Phi) is 3.54. The second-order valence-electron chi connectivity index (χ2n) is 4.16. The van der Waals surface area contributed by atoms with E-state index in [-0.39, 0.29) is 11.9 Å². The zero-order valence-corrected chi connectivity index (χ0v) is 10.4. The van der Waals surface area contributed by atoms with Crippen LogP contribution in [-0.2, 0) is 4.74 Å². The Balaban J connectivity index is 2.26. The summed E-state index contributed by atoms with van der Waals surface area (Å²) in [4.78, 5) is 14.1. The van der Waals surface area contributed by atoms with Crippen LogP contribution in [0.5, 0.6) is 0 Å². The van der Waals surface area contributed by atoms with Crippen LogP contribution in [0.15, 0.2) is 18.2 Å². The predicted molar refractivity (Wildman–Crippen MR) is 67.2 cm³/mol. The molecule has 1 saturated heterocycles. The Morgan fingerprint density at radius 2 is 2.35 bits per heavy atom. The van der Waals surface area contributed by atoms with E-state index in [0.717, 1.165) is 0 Å². The quantitative estimate of drug-likeness (QED) is 0.778. The average molecular weight is 255 g/mol. The van der Waals surface area contributed by atoms with Crippen molar-refractivity contribution in [3.8, 4) is 0 Å². The third-order valence-electron chi connectivity index (χ3n) is 2.85. The molecule has 0 aromatic heterocycles. The summed E-state index contributed by atoms with van der Waals surface area (Å²) in [5.74, 6) is -0.0851. The van der Waals surface area contributed by atoms with Crippen LogP contribution in [0.4, 0.5) is 5.69 Å². The molecule has 4 nitrogen and oxygen atoms in total. The number of halogens is 1. The molecule has 0 radical (unpaired) electrons. The highest BCUT2D eigenvalue weighted by molar-refractivity contribution is 6.34. The molecule has 5 heteroatoms. The summed E-state index contributed by atoms with van der Waals surface area (Å²) in [6.45, 7) is 3.67. The topological polar surface area (TPSA) is 55.6 Å². The summed E-state index contributed by atoms with van der Waals surface area (Å²) in [7, 11) is 0. The van der Waals surface area contributed by atoms with E-state index in [4.69, 9.17) is 22.1 Å². The highest BCUT2D eigenvalue weighted by Crippen LogP contribution is 2.22. The third-order valence-corrected chi connectivity index (χ3v) is 3.18. The van der Waals surface area contributed by atoms with E-state index in [9.17, 15) is 4.79 Å². The molecule has 1 heterocycles. The summed E-state index contributed by atoms with van der Waals surface area (Å²) in [6.07, 6.45) is 0. The van der Waals surface area contributed by atoms with Crippen molar-refractivity contribution >= 4 is 23.2 Å². The number of benzene rings is 1. The van der Waals surface area contributed by atoms with Gasteiger partial charge in [0.15, 0.2) is 0 Å². The van der Waals surface area contributed by atoms with Crippen molar-refractivity contribution in [1.82, 2.24) is 4.90 Å². The lowest BCUT2D eigenvalue weighted by Gasteiger charge is -2.33. The van der Waals surface area contributed by atoms with Crippen LogP contribution in [0.2, 0.25) is 5.02 Å². The number of nitrogens with zero attached hydrogens (tertiary/aromatic N) is 1. The van der Waals surface area contributed by atoms with Crippen LogP contribution in [0.1, 0.15) is 17.3 Å². The number of anilines is 1. The maximum absolute atomic E-state index is 12.3. The van der Waals surface area contributed by atoms with Crippen LogP contribution in [-0.4, -0.2) is 36.6 Å². The van der Waals surface area contributed by atoms with E-state index in [1.165, 1.54) is 0 Å². The largest absolute Gasteiger partial charge is 0.399 e. The lowest BCUT2D eigenvalue weighted by molar-refractivity contribution is 0.00361. The predicted octanol–water partition coefficient (Wildman–Crippen LogP) is 1.78. The molecule has 1 aromatic rings. The minimum absolute atomic E-state index is 0.0637. The van der Waals surface area contributed by atoms with Crippen molar-refractivity contribution in [1.29, 1.82) is 0 Å². The fourth-order valence-electron chi connectivity index (χ4n) is 1.89. The lowest BCUT2D eigenvalue weighted by atomic mass is 10.1. The number of amides is 1. The van der Waals surface area contributed by atoms with Gasteiger partial charge < -0.3 is 15.4 Å². The molecule has 1 fully saturated rings. The molecule has 1 aliphatic heterocycles. The van der Waals surface area contributed by atoms with Gasteiger partial charge in [-0.1, -0.05) is 11.6 Å². The van der Waals surface area contributed by atoms with Gasteiger partial charge in [-0.15, -0.1) is 0 Å². The smallest absolute Gasteiger partial charge is 0.255 e. The number of carbonyl (C=O) groups excluding carboxylic acids is 1. The lowest BCUT2D eigenvalue weighted by Crippen LogP contribution is -2.47. The molecule has 1 aliphatic rings. The van der Waals surface area contributed by atoms with Gasteiger partial charge in [-0.2, -0.15) is 0 Å². The first-order valence-corrected chi connectivity index (χ1v) is 5.91. The van der Waals surface area contributed by atoms with E-state index in [1.807, 2.05) is 6.92 Å². The van der Waals surface area contributed by atoms with Gasteiger partial charge in [0.25, 0.3) is 5.91 Å². The van der Waals surface area contributed by atoms with Gasteiger partial charge >= 0.3 is 0 Å². The summed E-state index contributed by atoms with van der Waals surface area (Å²) >= 11 is 6.02. The van der Waals surface area contributed by atoms with Crippen molar-refractivity contribution in [3.05, 3.63) is 28.8 Å². The molecule has 0 unspecified atom stereocenters. The standard InChI is InChI=1S/C12H15ClN2O2/c1-8-7-17-5-4-15(8)12(16)10-6-9(14)2-3-11(10)13/h2-3,6,8H,4-5,7,14H2,1H3/t8-/m1/s1. The van der Waals surface area contributed by atoms with Crippen molar-refractivity contribution in [2.24, 2.45) is 0 Å². The molecule has 92 valence electrons. The van der Waals surface area contributed by atoms with E-state index in [2.05, 4.69) is 0 Å². The molecular formula is C12H15ClN2O2. The molecule has 1 atom stereocenters. The number of ether oxygens (including phenoxy) is 1. The van der Waals surface area contributed by atoms with Gasteiger partial charge in [0.05, 0.1) is 29.8 Å². The number of hydrogen-bond acceptors (Lipinski definition) is 3. The fourth-order valence-corrected chi connectivity index (χ4v) is 2.09. The molecule has 1 aromatic carbocycles. The molecule has 1 amide bonds. The van der Waals surface area contributed by atoms with E-state index < -0.39 is 0 Å². The van der Waals surface area contributed by atoms with Crippen molar-refractivity contribution in [3.63, 3.8) is 0 Å². The molecule has 0 spiro atoms. The molecular weight excluding hydrogens is 240 g/mol. The Bertz CT molecular complexity index is 437. The normalized spacial score (nSPS) is 20.4. The second-order valence-corrected chi connectivity index (χ2v) is 4.57. The zero-order valence-electron chi connectivity index (χ0n) is 9.65. The number of hydrogen-bond donors (Lipinski definition) is 1. The Hall–Kier alpha value is -1.26. The fraction of sp³-hybridized carbons (Fsp3) is 0.417. The van der Waals surface area contributed by atoms with Gasteiger partial charge in [-0.3, -0.25) is 4.79 Å². The van der Waals surface area contributed by atoms with Gasteiger partial charge in [0.2, 0.25) is 0 Å². The Morgan fingerprint density at radius 3 is 3.06 bits per heavy atom. The molecule has 17 heavy (non-hydrogen) atoms. The van der Waals surface area contributed by atoms with Crippen LogP contribution in [0, 0.1) is 0 Å². The molecule has 2 N–H and O–H groups in total. The number of carbonyl (C=O) groups is 1. The minimum atomic E-state index is -0.0851. The average Bonchev–Trinajstić information content (AvgIpc) is 2.32.